The second-order valence-electron chi connectivity index (χ2n) is 6.45. The van der Waals surface area contributed by atoms with Crippen LogP contribution in [0.25, 0.3) is 6.08 Å². The monoisotopic (exact) mass is 306 g/mol. The molecule has 21 heavy (non-hydrogen) atoms. The van der Waals surface area contributed by atoms with Crippen LogP contribution in [-0.4, -0.2) is 29.1 Å². The fraction of sp³-hybridized carbons (Fsp3) is 0.533. The lowest BCUT2D eigenvalue weighted by molar-refractivity contribution is 0.00578. The van der Waals surface area contributed by atoms with Crippen LogP contribution in [0.3, 0.4) is 0 Å². The van der Waals surface area contributed by atoms with E-state index in [4.69, 9.17) is 15.0 Å². The summed E-state index contributed by atoms with van der Waals surface area (Å²) in [7, 11) is -0.421. The zero-order valence-corrected chi connectivity index (χ0v) is 14.2. The third-order valence-corrected chi connectivity index (χ3v) is 4.51. The molecule has 0 aliphatic carbocycles. The van der Waals surface area contributed by atoms with Gasteiger partial charge in [-0.05, 0) is 57.8 Å². The molecule has 1 aliphatic heterocycles. The molecule has 2 N–H and O–H groups in total. The average molecular weight is 306 g/mol. The minimum atomic E-state index is -0.421. The molecular formula is C15H23BN2O2S. The number of hydrogen-bond donors (Lipinski definition) is 2. The summed E-state index contributed by atoms with van der Waals surface area (Å²) in [4.78, 5) is 4.36. The first-order valence-corrected chi connectivity index (χ1v) is 7.68. The lowest BCUT2D eigenvalue weighted by Gasteiger charge is -2.32. The normalized spacial score (nSPS) is 20.9. The van der Waals surface area contributed by atoms with Gasteiger partial charge in [0.05, 0.1) is 22.6 Å². The van der Waals surface area contributed by atoms with Crippen LogP contribution in [0, 0.1) is 6.92 Å². The molecule has 2 heterocycles. The first kappa shape index (κ1) is 16.4. The van der Waals surface area contributed by atoms with Gasteiger partial charge in [-0.15, -0.1) is 0 Å². The molecular weight excluding hydrogens is 283 g/mol. The average Bonchev–Trinajstić information content (AvgIpc) is 2.57. The SMILES string of the molecule is Cc1cnc(C=C(CS)B2OC(C)(C)C(C)(C)O2)c(N)c1. The van der Waals surface area contributed by atoms with E-state index in [1.807, 2.05) is 46.8 Å². The Kier molecular flexibility index (Phi) is 4.43. The van der Waals surface area contributed by atoms with Gasteiger partial charge in [0.25, 0.3) is 0 Å². The largest absolute Gasteiger partial charge is 0.491 e. The maximum absolute atomic E-state index is 6.04. The lowest BCUT2D eigenvalue weighted by Crippen LogP contribution is -2.41. The Balaban J connectivity index is 2.31. The smallest absolute Gasteiger partial charge is 0.400 e. The van der Waals surface area contributed by atoms with Gasteiger partial charge in [-0.3, -0.25) is 4.98 Å². The number of hydrogen-bond acceptors (Lipinski definition) is 5. The summed E-state index contributed by atoms with van der Waals surface area (Å²) in [6.07, 6.45) is 3.70. The van der Waals surface area contributed by atoms with Crippen molar-refractivity contribution >= 4 is 31.5 Å². The topological polar surface area (TPSA) is 57.4 Å². The van der Waals surface area contributed by atoms with Crippen molar-refractivity contribution in [3.8, 4) is 0 Å². The highest BCUT2D eigenvalue weighted by Crippen LogP contribution is 2.39. The van der Waals surface area contributed by atoms with Crippen molar-refractivity contribution in [3.05, 3.63) is 29.0 Å². The minimum absolute atomic E-state index is 0.369. The second-order valence-corrected chi connectivity index (χ2v) is 6.77. The highest BCUT2D eigenvalue weighted by Gasteiger charge is 2.52. The standard InChI is InChI=1S/C15H23BN2O2S/c1-10-6-12(17)13(18-8-10)7-11(9-21)16-19-14(2,3)15(4,5)20-16/h6-8,21H,9,17H2,1-5H3. The minimum Gasteiger partial charge on any atom is -0.400 e. The zero-order valence-electron chi connectivity index (χ0n) is 13.3. The number of nitrogens with two attached hydrogens (primary N) is 1. The molecule has 6 heteroatoms. The Bertz CT molecular complexity index is 557. The molecule has 0 radical (unpaired) electrons. The van der Waals surface area contributed by atoms with Gasteiger partial charge in [0.15, 0.2) is 0 Å². The van der Waals surface area contributed by atoms with Crippen LogP contribution in [-0.2, 0) is 9.31 Å². The second kappa shape index (κ2) is 5.67. The van der Waals surface area contributed by atoms with Crippen molar-refractivity contribution in [3.63, 3.8) is 0 Å². The molecule has 0 bridgehead atoms. The summed E-state index contributed by atoms with van der Waals surface area (Å²) in [5.74, 6) is 0.520. The first-order chi connectivity index (χ1) is 9.66. The van der Waals surface area contributed by atoms with Gasteiger partial charge in [-0.2, -0.15) is 12.6 Å². The molecule has 0 atom stereocenters. The molecule has 1 saturated heterocycles. The zero-order chi connectivity index (χ0) is 15.8. The van der Waals surface area contributed by atoms with Crippen molar-refractivity contribution in [1.29, 1.82) is 0 Å². The van der Waals surface area contributed by atoms with Gasteiger partial charge in [0.2, 0.25) is 0 Å². The van der Waals surface area contributed by atoms with Crippen molar-refractivity contribution in [1.82, 2.24) is 4.98 Å². The van der Waals surface area contributed by atoms with E-state index in [1.165, 1.54) is 0 Å². The highest BCUT2D eigenvalue weighted by molar-refractivity contribution is 7.80. The molecule has 1 fully saturated rings. The summed E-state index contributed by atoms with van der Waals surface area (Å²) in [5, 5.41) is 0. The van der Waals surface area contributed by atoms with Crippen LogP contribution >= 0.6 is 12.6 Å². The quantitative estimate of drug-likeness (QED) is 0.666. The summed E-state index contributed by atoms with van der Waals surface area (Å²) in [6, 6.07) is 1.90. The number of nitrogens with zero attached hydrogens (tertiary/aromatic N) is 1. The van der Waals surface area contributed by atoms with E-state index in [9.17, 15) is 0 Å². The summed E-state index contributed by atoms with van der Waals surface area (Å²) < 4.78 is 12.1. The summed E-state index contributed by atoms with van der Waals surface area (Å²) in [6.45, 7) is 10.1. The Labute approximate surface area is 132 Å². The van der Waals surface area contributed by atoms with E-state index in [-0.39, 0.29) is 11.2 Å². The van der Waals surface area contributed by atoms with E-state index < -0.39 is 7.12 Å². The van der Waals surface area contributed by atoms with Gasteiger partial charge in [0, 0.05) is 11.9 Å². The van der Waals surface area contributed by atoms with Crippen LogP contribution in [0.2, 0.25) is 0 Å². The predicted octanol–water partition coefficient (Wildman–Crippen LogP) is 2.92. The molecule has 0 spiro atoms. The number of anilines is 1. The molecule has 0 saturated carbocycles. The number of aromatic nitrogens is 1. The van der Waals surface area contributed by atoms with Gasteiger partial charge in [0.1, 0.15) is 0 Å². The number of thiol groups is 1. The maximum Gasteiger partial charge on any atom is 0.491 e. The van der Waals surface area contributed by atoms with Gasteiger partial charge in [-0.1, -0.05) is 0 Å². The number of aryl methyl sites for hydroxylation is 1. The molecule has 1 aliphatic rings. The molecule has 1 aromatic rings. The van der Waals surface area contributed by atoms with Crippen LogP contribution < -0.4 is 5.73 Å². The molecule has 0 unspecified atom stereocenters. The van der Waals surface area contributed by atoms with Crippen molar-refractivity contribution in [2.75, 3.05) is 11.5 Å². The van der Waals surface area contributed by atoms with Crippen LogP contribution in [0.1, 0.15) is 39.0 Å². The Morgan fingerprint density at radius 2 is 1.90 bits per heavy atom. The van der Waals surface area contributed by atoms with Crippen LogP contribution in [0.4, 0.5) is 5.69 Å². The lowest BCUT2D eigenvalue weighted by atomic mass is 9.78. The van der Waals surface area contributed by atoms with Crippen LogP contribution in [0.5, 0.6) is 0 Å². The van der Waals surface area contributed by atoms with E-state index in [0.29, 0.717) is 11.4 Å². The fourth-order valence-corrected chi connectivity index (χ4v) is 2.32. The molecule has 0 amide bonds. The van der Waals surface area contributed by atoms with Crippen molar-refractivity contribution < 1.29 is 9.31 Å². The van der Waals surface area contributed by atoms with E-state index in [0.717, 1.165) is 16.7 Å². The van der Waals surface area contributed by atoms with E-state index in [1.54, 1.807) is 6.20 Å². The van der Waals surface area contributed by atoms with Crippen LogP contribution in [0.15, 0.2) is 17.7 Å². The maximum atomic E-state index is 6.04. The summed E-state index contributed by atoms with van der Waals surface area (Å²) >= 11 is 4.39. The molecule has 0 aromatic carbocycles. The Morgan fingerprint density at radius 1 is 1.33 bits per heavy atom. The Hall–Kier alpha value is -0.975. The molecule has 4 nitrogen and oxygen atoms in total. The van der Waals surface area contributed by atoms with E-state index in [2.05, 4.69) is 17.6 Å². The number of rotatable bonds is 3. The first-order valence-electron chi connectivity index (χ1n) is 7.05. The van der Waals surface area contributed by atoms with Gasteiger partial charge < -0.3 is 15.0 Å². The Morgan fingerprint density at radius 3 is 2.38 bits per heavy atom. The predicted molar refractivity (Wildman–Crippen MR) is 91.3 cm³/mol. The van der Waals surface area contributed by atoms with E-state index >= 15 is 0 Å². The summed E-state index contributed by atoms with van der Waals surface area (Å²) in [5.41, 5.74) is 8.60. The third kappa shape index (κ3) is 3.28. The number of nitrogen functional groups attached to an aromatic ring is 1. The van der Waals surface area contributed by atoms with Gasteiger partial charge >= 0.3 is 7.12 Å². The van der Waals surface area contributed by atoms with Gasteiger partial charge in [-0.25, -0.2) is 0 Å². The molecule has 1 aromatic heterocycles. The number of pyridine rings is 1. The fourth-order valence-electron chi connectivity index (χ4n) is 2.08. The van der Waals surface area contributed by atoms with Crippen molar-refractivity contribution in [2.24, 2.45) is 0 Å². The molecule has 2 rings (SSSR count). The van der Waals surface area contributed by atoms with Crippen molar-refractivity contribution in [2.45, 2.75) is 45.8 Å². The molecule has 114 valence electrons. The highest BCUT2D eigenvalue weighted by atomic mass is 32.1. The third-order valence-electron chi connectivity index (χ3n) is 4.15.